The van der Waals surface area contributed by atoms with Gasteiger partial charge in [-0.3, -0.25) is 4.90 Å². The van der Waals surface area contributed by atoms with E-state index in [1.165, 1.54) is 19.3 Å². The molecule has 4 heteroatoms. The summed E-state index contributed by atoms with van der Waals surface area (Å²) in [5, 5.41) is 0. The molecule has 0 bridgehead atoms. The van der Waals surface area contributed by atoms with E-state index in [1.54, 1.807) is 0 Å². The smallest absolute Gasteiger partial charge is 0.0804 e. The van der Waals surface area contributed by atoms with Crippen LogP contribution in [0.25, 0.3) is 0 Å². The summed E-state index contributed by atoms with van der Waals surface area (Å²) in [6.45, 7) is 6.32. The highest BCUT2D eigenvalue weighted by atomic mass is 16.5. The van der Waals surface area contributed by atoms with Crippen LogP contribution >= 0.6 is 0 Å². The Kier molecular flexibility index (Phi) is 5.22. The standard InChI is InChI=1S/C13H26N2O2/c14-12-13(4-2-1-3-5-13)17-11-8-15-6-9-16-10-7-15/h1-12,14H2. The Hall–Kier alpha value is -0.160. The van der Waals surface area contributed by atoms with E-state index in [2.05, 4.69) is 4.90 Å². The molecule has 1 aliphatic carbocycles. The van der Waals surface area contributed by atoms with E-state index < -0.39 is 0 Å². The van der Waals surface area contributed by atoms with Gasteiger partial charge in [-0.25, -0.2) is 0 Å². The molecule has 1 saturated heterocycles. The lowest BCUT2D eigenvalue weighted by Gasteiger charge is -2.37. The first-order chi connectivity index (χ1) is 8.35. The Morgan fingerprint density at radius 1 is 1.12 bits per heavy atom. The lowest BCUT2D eigenvalue weighted by Crippen LogP contribution is -2.45. The van der Waals surface area contributed by atoms with Crippen LogP contribution in [0.3, 0.4) is 0 Å². The van der Waals surface area contributed by atoms with Gasteiger partial charge in [0.05, 0.1) is 25.4 Å². The minimum absolute atomic E-state index is 0.00939. The largest absolute Gasteiger partial charge is 0.379 e. The fourth-order valence-electron chi connectivity index (χ4n) is 2.82. The molecule has 0 unspecified atom stereocenters. The molecule has 0 atom stereocenters. The third-order valence-electron chi connectivity index (χ3n) is 4.06. The molecular formula is C13H26N2O2. The SMILES string of the molecule is NCC1(OCCN2CCOCC2)CCCCC1. The van der Waals surface area contributed by atoms with Crippen molar-refractivity contribution >= 4 is 0 Å². The molecule has 2 rings (SSSR count). The summed E-state index contributed by atoms with van der Waals surface area (Å²) in [4.78, 5) is 2.41. The predicted molar refractivity (Wildman–Crippen MR) is 68.1 cm³/mol. The van der Waals surface area contributed by atoms with Gasteiger partial charge in [0.2, 0.25) is 0 Å². The zero-order chi connectivity index (χ0) is 12.0. The van der Waals surface area contributed by atoms with E-state index in [-0.39, 0.29) is 5.60 Å². The molecule has 0 amide bonds. The van der Waals surface area contributed by atoms with Crippen molar-refractivity contribution in [3.05, 3.63) is 0 Å². The van der Waals surface area contributed by atoms with Gasteiger partial charge >= 0.3 is 0 Å². The Morgan fingerprint density at radius 2 is 1.82 bits per heavy atom. The second kappa shape index (κ2) is 6.69. The monoisotopic (exact) mass is 242 g/mol. The second-order valence-electron chi connectivity index (χ2n) is 5.25. The Balaban J connectivity index is 1.68. The zero-order valence-electron chi connectivity index (χ0n) is 10.8. The summed E-state index contributed by atoms with van der Waals surface area (Å²) < 4.78 is 11.4. The van der Waals surface area contributed by atoms with Crippen molar-refractivity contribution in [2.75, 3.05) is 46.0 Å². The van der Waals surface area contributed by atoms with Gasteiger partial charge in [-0.05, 0) is 12.8 Å². The van der Waals surface area contributed by atoms with E-state index in [0.29, 0.717) is 6.54 Å². The summed E-state index contributed by atoms with van der Waals surface area (Å²) in [5.74, 6) is 0. The molecule has 0 aromatic rings. The van der Waals surface area contributed by atoms with Crippen LogP contribution in [0, 0.1) is 0 Å². The quantitative estimate of drug-likeness (QED) is 0.781. The molecule has 0 spiro atoms. The topological polar surface area (TPSA) is 47.7 Å². The summed E-state index contributed by atoms with van der Waals surface area (Å²) in [6, 6.07) is 0. The second-order valence-corrected chi connectivity index (χ2v) is 5.25. The summed E-state index contributed by atoms with van der Waals surface area (Å²) in [5.41, 5.74) is 5.89. The number of ether oxygens (including phenoxy) is 2. The van der Waals surface area contributed by atoms with Crippen LogP contribution in [0.2, 0.25) is 0 Å². The van der Waals surface area contributed by atoms with E-state index in [4.69, 9.17) is 15.2 Å². The molecule has 0 aromatic carbocycles. The van der Waals surface area contributed by atoms with Gasteiger partial charge in [0.15, 0.2) is 0 Å². The third-order valence-corrected chi connectivity index (χ3v) is 4.06. The maximum Gasteiger partial charge on any atom is 0.0804 e. The van der Waals surface area contributed by atoms with Crippen molar-refractivity contribution in [1.29, 1.82) is 0 Å². The Bertz CT molecular complexity index is 211. The minimum Gasteiger partial charge on any atom is -0.379 e. The fourth-order valence-corrected chi connectivity index (χ4v) is 2.82. The van der Waals surface area contributed by atoms with E-state index >= 15 is 0 Å². The van der Waals surface area contributed by atoms with Crippen molar-refractivity contribution in [2.45, 2.75) is 37.7 Å². The maximum absolute atomic E-state index is 6.12. The minimum atomic E-state index is -0.00939. The van der Waals surface area contributed by atoms with E-state index in [0.717, 1.165) is 52.3 Å². The molecule has 4 nitrogen and oxygen atoms in total. The highest BCUT2D eigenvalue weighted by Gasteiger charge is 2.31. The van der Waals surface area contributed by atoms with Crippen LogP contribution in [-0.2, 0) is 9.47 Å². The third kappa shape index (κ3) is 3.91. The fraction of sp³-hybridized carbons (Fsp3) is 1.00. The number of hydrogen-bond donors (Lipinski definition) is 1. The van der Waals surface area contributed by atoms with Crippen molar-refractivity contribution < 1.29 is 9.47 Å². The van der Waals surface area contributed by atoms with Crippen molar-refractivity contribution in [2.24, 2.45) is 5.73 Å². The van der Waals surface area contributed by atoms with Crippen LogP contribution in [0.4, 0.5) is 0 Å². The van der Waals surface area contributed by atoms with E-state index in [1.807, 2.05) is 0 Å². The number of nitrogens with two attached hydrogens (primary N) is 1. The van der Waals surface area contributed by atoms with Crippen molar-refractivity contribution in [3.8, 4) is 0 Å². The van der Waals surface area contributed by atoms with Gasteiger partial charge in [-0.1, -0.05) is 19.3 Å². The van der Waals surface area contributed by atoms with Gasteiger partial charge in [-0.2, -0.15) is 0 Å². The van der Waals surface area contributed by atoms with Gasteiger partial charge in [0.1, 0.15) is 0 Å². The molecule has 1 aliphatic heterocycles. The molecule has 2 N–H and O–H groups in total. The van der Waals surface area contributed by atoms with Gasteiger partial charge in [-0.15, -0.1) is 0 Å². The molecule has 0 aromatic heterocycles. The lowest BCUT2D eigenvalue weighted by molar-refractivity contribution is -0.0744. The van der Waals surface area contributed by atoms with Crippen LogP contribution in [0.1, 0.15) is 32.1 Å². The molecule has 1 heterocycles. The maximum atomic E-state index is 6.12. The van der Waals surface area contributed by atoms with Gasteiger partial charge in [0.25, 0.3) is 0 Å². The molecule has 100 valence electrons. The molecular weight excluding hydrogens is 216 g/mol. The predicted octanol–water partition coefficient (Wildman–Crippen LogP) is 0.997. The first kappa shape index (κ1) is 13.3. The number of nitrogens with zero attached hydrogens (tertiary/aromatic N) is 1. The van der Waals surface area contributed by atoms with Crippen LogP contribution in [0.5, 0.6) is 0 Å². The van der Waals surface area contributed by atoms with Crippen LogP contribution in [-0.4, -0.2) is 56.5 Å². The summed E-state index contributed by atoms with van der Waals surface area (Å²) in [6.07, 6.45) is 6.18. The lowest BCUT2D eigenvalue weighted by atomic mass is 9.85. The van der Waals surface area contributed by atoms with Crippen molar-refractivity contribution in [1.82, 2.24) is 4.90 Å². The molecule has 0 radical (unpaired) electrons. The number of morpholine rings is 1. The van der Waals surface area contributed by atoms with Crippen LogP contribution < -0.4 is 5.73 Å². The zero-order valence-corrected chi connectivity index (χ0v) is 10.8. The summed E-state index contributed by atoms with van der Waals surface area (Å²) >= 11 is 0. The number of hydrogen-bond acceptors (Lipinski definition) is 4. The molecule has 1 saturated carbocycles. The average Bonchev–Trinajstić information content (AvgIpc) is 2.41. The summed E-state index contributed by atoms with van der Waals surface area (Å²) in [7, 11) is 0. The normalized spacial score (nSPS) is 25.9. The first-order valence-electron chi connectivity index (χ1n) is 6.99. The van der Waals surface area contributed by atoms with E-state index in [9.17, 15) is 0 Å². The van der Waals surface area contributed by atoms with Gasteiger partial charge in [0, 0.05) is 26.2 Å². The van der Waals surface area contributed by atoms with Crippen molar-refractivity contribution in [3.63, 3.8) is 0 Å². The average molecular weight is 242 g/mol. The van der Waals surface area contributed by atoms with Crippen LogP contribution in [0.15, 0.2) is 0 Å². The highest BCUT2D eigenvalue weighted by molar-refractivity contribution is 4.85. The highest BCUT2D eigenvalue weighted by Crippen LogP contribution is 2.30. The Labute approximate surface area is 104 Å². The molecule has 2 fully saturated rings. The Morgan fingerprint density at radius 3 is 2.47 bits per heavy atom. The molecule has 17 heavy (non-hydrogen) atoms. The number of rotatable bonds is 5. The molecule has 2 aliphatic rings. The first-order valence-corrected chi connectivity index (χ1v) is 6.99. The van der Waals surface area contributed by atoms with Gasteiger partial charge < -0.3 is 15.2 Å².